The van der Waals surface area contributed by atoms with Gasteiger partial charge in [-0.2, -0.15) is 0 Å². The van der Waals surface area contributed by atoms with Crippen LogP contribution in [-0.4, -0.2) is 22.8 Å². The SMILES string of the molecule is CC(C)CC(=O)N1Cc2ccccc2CC1C(=O)NCc1cc(F)ccc1Br. The second-order valence-corrected chi connectivity index (χ2v) is 8.42. The van der Waals surface area contributed by atoms with E-state index in [0.717, 1.165) is 15.6 Å². The summed E-state index contributed by atoms with van der Waals surface area (Å²) in [4.78, 5) is 27.4. The predicted octanol–water partition coefficient (Wildman–Crippen LogP) is 4.20. The van der Waals surface area contributed by atoms with Crippen LogP contribution in [0.4, 0.5) is 4.39 Å². The van der Waals surface area contributed by atoms with Crippen molar-refractivity contribution in [3.63, 3.8) is 0 Å². The lowest BCUT2D eigenvalue weighted by Crippen LogP contribution is -2.52. The largest absolute Gasteiger partial charge is 0.350 e. The van der Waals surface area contributed by atoms with Crippen LogP contribution < -0.4 is 5.32 Å². The van der Waals surface area contributed by atoms with Gasteiger partial charge in [0.05, 0.1) is 0 Å². The van der Waals surface area contributed by atoms with E-state index in [9.17, 15) is 14.0 Å². The van der Waals surface area contributed by atoms with Gasteiger partial charge in [0, 0.05) is 30.4 Å². The first-order valence-corrected chi connectivity index (χ1v) is 10.2. The number of halogens is 2. The molecule has 0 spiro atoms. The van der Waals surface area contributed by atoms with E-state index in [1.807, 2.05) is 38.1 Å². The standard InChI is InChI=1S/C22H24BrFN2O2/c1-14(2)9-21(27)26-13-16-6-4-3-5-15(16)11-20(26)22(28)25-12-17-10-18(24)7-8-19(17)23/h3-8,10,14,20H,9,11-13H2,1-2H3,(H,25,28). The molecule has 1 aliphatic rings. The fourth-order valence-electron chi connectivity index (χ4n) is 3.46. The highest BCUT2D eigenvalue weighted by atomic mass is 79.9. The maximum absolute atomic E-state index is 13.5. The Labute approximate surface area is 173 Å². The zero-order chi connectivity index (χ0) is 20.3. The molecule has 3 rings (SSSR count). The van der Waals surface area contributed by atoms with E-state index >= 15 is 0 Å². The van der Waals surface area contributed by atoms with Gasteiger partial charge in [-0.3, -0.25) is 9.59 Å². The second-order valence-electron chi connectivity index (χ2n) is 7.56. The lowest BCUT2D eigenvalue weighted by Gasteiger charge is -2.36. The lowest BCUT2D eigenvalue weighted by atomic mass is 9.92. The van der Waals surface area contributed by atoms with Crippen molar-refractivity contribution in [2.45, 2.75) is 45.8 Å². The molecule has 2 aromatic carbocycles. The maximum Gasteiger partial charge on any atom is 0.243 e. The molecule has 1 unspecified atom stereocenters. The number of nitrogens with one attached hydrogen (secondary N) is 1. The fourth-order valence-corrected chi connectivity index (χ4v) is 3.85. The van der Waals surface area contributed by atoms with Crippen LogP contribution in [0.1, 0.15) is 37.0 Å². The van der Waals surface area contributed by atoms with Gasteiger partial charge in [0.2, 0.25) is 11.8 Å². The number of amides is 2. The fraction of sp³-hybridized carbons (Fsp3) is 0.364. The summed E-state index contributed by atoms with van der Waals surface area (Å²) in [6.45, 7) is 4.61. The highest BCUT2D eigenvalue weighted by Gasteiger charge is 2.34. The van der Waals surface area contributed by atoms with Crippen molar-refractivity contribution in [1.29, 1.82) is 0 Å². The number of hydrogen-bond donors (Lipinski definition) is 1. The Morgan fingerprint density at radius 1 is 1.21 bits per heavy atom. The van der Waals surface area contributed by atoms with Gasteiger partial charge in [-0.15, -0.1) is 0 Å². The summed E-state index contributed by atoms with van der Waals surface area (Å²) in [6, 6.07) is 11.7. The van der Waals surface area contributed by atoms with Gasteiger partial charge in [-0.1, -0.05) is 54.0 Å². The minimum absolute atomic E-state index is 0.0170. The molecule has 1 N–H and O–H groups in total. The van der Waals surface area contributed by atoms with Gasteiger partial charge < -0.3 is 10.2 Å². The van der Waals surface area contributed by atoms with Crippen LogP contribution in [-0.2, 0) is 29.1 Å². The molecule has 1 aliphatic heterocycles. The van der Waals surface area contributed by atoms with E-state index in [-0.39, 0.29) is 30.1 Å². The molecule has 0 bridgehead atoms. The van der Waals surface area contributed by atoms with Crippen LogP contribution in [0, 0.1) is 11.7 Å². The molecule has 1 heterocycles. The van der Waals surface area contributed by atoms with Crippen LogP contribution in [0.25, 0.3) is 0 Å². The van der Waals surface area contributed by atoms with Gasteiger partial charge >= 0.3 is 0 Å². The van der Waals surface area contributed by atoms with Crippen molar-refractivity contribution in [3.05, 3.63) is 69.4 Å². The molecule has 6 heteroatoms. The highest BCUT2D eigenvalue weighted by Crippen LogP contribution is 2.25. The minimum Gasteiger partial charge on any atom is -0.350 e. The van der Waals surface area contributed by atoms with Crippen molar-refractivity contribution < 1.29 is 14.0 Å². The van der Waals surface area contributed by atoms with Crippen molar-refractivity contribution in [2.75, 3.05) is 0 Å². The predicted molar refractivity (Wildman–Crippen MR) is 110 cm³/mol. The Kier molecular flexibility index (Phi) is 6.50. The molecule has 28 heavy (non-hydrogen) atoms. The molecule has 2 amide bonds. The number of benzene rings is 2. The summed E-state index contributed by atoms with van der Waals surface area (Å²) >= 11 is 3.38. The molecule has 2 aromatic rings. The monoisotopic (exact) mass is 446 g/mol. The third kappa shape index (κ3) is 4.79. The number of hydrogen-bond acceptors (Lipinski definition) is 2. The number of carbonyl (C=O) groups is 2. The number of rotatable bonds is 5. The highest BCUT2D eigenvalue weighted by molar-refractivity contribution is 9.10. The van der Waals surface area contributed by atoms with Crippen LogP contribution in [0.15, 0.2) is 46.9 Å². The molecule has 0 aromatic heterocycles. The van der Waals surface area contributed by atoms with Gasteiger partial charge in [0.1, 0.15) is 11.9 Å². The van der Waals surface area contributed by atoms with Crippen molar-refractivity contribution in [3.8, 4) is 0 Å². The first kappa shape index (κ1) is 20.5. The topological polar surface area (TPSA) is 49.4 Å². The summed E-state index contributed by atoms with van der Waals surface area (Å²) in [5.74, 6) is -0.372. The Balaban J connectivity index is 1.78. The van der Waals surface area contributed by atoms with Crippen LogP contribution >= 0.6 is 15.9 Å². The average Bonchev–Trinajstić information content (AvgIpc) is 2.66. The third-order valence-electron chi connectivity index (χ3n) is 4.92. The van der Waals surface area contributed by atoms with Crippen molar-refractivity contribution in [2.24, 2.45) is 5.92 Å². The molecule has 4 nitrogen and oxygen atoms in total. The maximum atomic E-state index is 13.5. The third-order valence-corrected chi connectivity index (χ3v) is 5.69. The molecule has 0 radical (unpaired) electrons. The average molecular weight is 447 g/mol. The molecule has 0 saturated heterocycles. The zero-order valence-corrected chi connectivity index (χ0v) is 17.6. The summed E-state index contributed by atoms with van der Waals surface area (Å²) < 4.78 is 14.2. The summed E-state index contributed by atoms with van der Waals surface area (Å²) in [6.07, 6.45) is 0.886. The van der Waals surface area contributed by atoms with E-state index in [1.54, 1.807) is 11.0 Å². The molecule has 0 aliphatic carbocycles. The first-order valence-electron chi connectivity index (χ1n) is 9.43. The van der Waals surface area contributed by atoms with Gasteiger partial charge in [-0.25, -0.2) is 4.39 Å². The molecular weight excluding hydrogens is 423 g/mol. The summed E-state index contributed by atoms with van der Waals surface area (Å²) in [5, 5.41) is 2.88. The van der Waals surface area contributed by atoms with Crippen molar-refractivity contribution >= 4 is 27.7 Å². The Hall–Kier alpha value is -2.21. The molecule has 0 fully saturated rings. The van der Waals surface area contributed by atoms with Gasteiger partial charge in [0.25, 0.3) is 0 Å². The minimum atomic E-state index is -0.562. The molecule has 0 saturated carbocycles. The number of carbonyl (C=O) groups excluding carboxylic acids is 2. The van der Waals surface area contributed by atoms with Crippen LogP contribution in [0.2, 0.25) is 0 Å². The van der Waals surface area contributed by atoms with Gasteiger partial charge in [0.15, 0.2) is 0 Å². The smallest absolute Gasteiger partial charge is 0.243 e. The Bertz CT molecular complexity index is 885. The normalized spacial score (nSPS) is 16.0. The number of fused-ring (bicyclic) bond motifs is 1. The summed E-state index contributed by atoms with van der Waals surface area (Å²) in [7, 11) is 0. The van der Waals surface area contributed by atoms with E-state index in [1.165, 1.54) is 12.1 Å². The van der Waals surface area contributed by atoms with E-state index < -0.39 is 6.04 Å². The first-order chi connectivity index (χ1) is 13.3. The van der Waals surface area contributed by atoms with E-state index in [4.69, 9.17) is 0 Å². The Morgan fingerprint density at radius 2 is 1.93 bits per heavy atom. The second kappa shape index (κ2) is 8.86. The van der Waals surface area contributed by atoms with Gasteiger partial charge in [-0.05, 0) is 40.8 Å². The quantitative estimate of drug-likeness (QED) is 0.747. The molecule has 148 valence electrons. The van der Waals surface area contributed by atoms with E-state index in [0.29, 0.717) is 24.9 Å². The number of nitrogens with zero attached hydrogens (tertiary/aromatic N) is 1. The summed E-state index contributed by atoms with van der Waals surface area (Å²) in [5.41, 5.74) is 2.82. The zero-order valence-electron chi connectivity index (χ0n) is 16.0. The lowest BCUT2D eigenvalue weighted by molar-refractivity contribution is -0.142. The molecular formula is C22H24BrFN2O2. The van der Waals surface area contributed by atoms with Crippen LogP contribution in [0.3, 0.4) is 0 Å². The van der Waals surface area contributed by atoms with Crippen molar-refractivity contribution in [1.82, 2.24) is 10.2 Å². The van der Waals surface area contributed by atoms with E-state index in [2.05, 4.69) is 21.2 Å². The Morgan fingerprint density at radius 3 is 2.64 bits per heavy atom. The molecule has 1 atom stereocenters. The van der Waals surface area contributed by atoms with Crippen LogP contribution in [0.5, 0.6) is 0 Å².